The first-order chi connectivity index (χ1) is 8.40. The van der Waals surface area contributed by atoms with Gasteiger partial charge in [0.05, 0.1) is 0 Å². The third-order valence-electron chi connectivity index (χ3n) is 2.83. The maximum atomic E-state index is 5.71. The summed E-state index contributed by atoms with van der Waals surface area (Å²) >= 11 is 0. The lowest BCUT2D eigenvalue weighted by atomic mass is 10.1. The highest BCUT2D eigenvalue weighted by Crippen LogP contribution is 2.07. The van der Waals surface area contributed by atoms with Gasteiger partial charge >= 0.3 is 0 Å². The summed E-state index contributed by atoms with van der Waals surface area (Å²) in [7, 11) is 0. The molecule has 0 fully saturated rings. The van der Waals surface area contributed by atoms with Crippen LogP contribution in [0, 0.1) is 0 Å². The largest absolute Gasteiger partial charge is 0.326 e. The second-order valence-electron chi connectivity index (χ2n) is 4.06. The van der Waals surface area contributed by atoms with Gasteiger partial charge in [0.15, 0.2) is 0 Å². The molecular formula is C15H18N2. The van der Waals surface area contributed by atoms with Crippen molar-refractivity contribution in [1.82, 2.24) is 5.32 Å². The highest BCUT2D eigenvalue weighted by atomic mass is 14.8. The number of rotatable bonds is 5. The Labute approximate surface area is 102 Å². The Morgan fingerprint density at radius 2 is 1.41 bits per heavy atom. The van der Waals surface area contributed by atoms with Crippen LogP contribution in [0.25, 0.3) is 0 Å². The molecule has 2 rings (SSSR count). The molecule has 0 radical (unpaired) electrons. The number of hydrogen-bond acceptors (Lipinski definition) is 2. The zero-order valence-electron chi connectivity index (χ0n) is 9.89. The third kappa shape index (κ3) is 3.41. The number of nitrogens with one attached hydrogen (secondary N) is 1. The predicted octanol–water partition coefficient (Wildman–Crippen LogP) is 2.44. The van der Waals surface area contributed by atoms with E-state index in [-0.39, 0.29) is 0 Å². The van der Waals surface area contributed by atoms with Gasteiger partial charge in [-0.2, -0.15) is 0 Å². The molecule has 0 spiro atoms. The molecule has 0 amide bonds. The summed E-state index contributed by atoms with van der Waals surface area (Å²) in [5.41, 5.74) is 9.51. The lowest BCUT2D eigenvalue weighted by molar-refractivity contribution is 0.688. The summed E-state index contributed by atoms with van der Waals surface area (Å²) in [5.74, 6) is 0. The summed E-state index contributed by atoms with van der Waals surface area (Å²) in [6, 6.07) is 18.7. The van der Waals surface area contributed by atoms with Gasteiger partial charge < -0.3 is 11.1 Å². The van der Waals surface area contributed by atoms with Crippen molar-refractivity contribution < 1.29 is 0 Å². The van der Waals surface area contributed by atoms with Crippen molar-refractivity contribution in [1.29, 1.82) is 0 Å². The highest BCUT2D eigenvalue weighted by Gasteiger charge is 1.99. The molecule has 88 valence electrons. The normalized spacial score (nSPS) is 10.4. The molecule has 0 aliphatic heterocycles. The topological polar surface area (TPSA) is 38.0 Å². The Bertz CT molecular complexity index is 451. The fraction of sp³-hybridized carbons (Fsp3) is 0.200. The minimum Gasteiger partial charge on any atom is -0.326 e. The molecular weight excluding hydrogens is 208 g/mol. The number of benzene rings is 2. The van der Waals surface area contributed by atoms with Crippen LogP contribution in [0.4, 0.5) is 0 Å². The van der Waals surface area contributed by atoms with Crippen molar-refractivity contribution in [2.75, 3.05) is 0 Å². The fourth-order valence-electron chi connectivity index (χ4n) is 1.87. The van der Waals surface area contributed by atoms with Crippen LogP contribution in [0.2, 0.25) is 0 Å². The van der Waals surface area contributed by atoms with E-state index in [4.69, 9.17) is 5.73 Å². The van der Waals surface area contributed by atoms with E-state index in [1.54, 1.807) is 0 Å². The summed E-state index contributed by atoms with van der Waals surface area (Å²) in [4.78, 5) is 0. The van der Waals surface area contributed by atoms with E-state index in [2.05, 4.69) is 47.8 Å². The first-order valence-electron chi connectivity index (χ1n) is 5.91. The van der Waals surface area contributed by atoms with Crippen molar-refractivity contribution in [3.05, 3.63) is 71.3 Å². The molecule has 2 aromatic rings. The highest BCUT2D eigenvalue weighted by molar-refractivity contribution is 5.26. The van der Waals surface area contributed by atoms with Gasteiger partial charge in [-0.3, -0.25) is 0 Å². The first-order valence-corrected chi connectivity index (χ1v) is 5.91. The van der Waals surface area contributed by atoms with E-state index in [1.165, 1.54) is 16.7 Å². The molecule has 0 saturated heterocycles. The van der Waals surface area contributed by atoms with Crippen molar-refractivity contribution in [2.24, 2.45) is 5.73 Å². The van der Waals surface area contributed by atoms with Crippen molar-refractivity contribution in [2.45, 2.75) is 19.6 Å². The molecule has 2 nitrogen and oxygen atoms in total. The Morgan fingerprint density at radius 3 is 2.12 bits per heavy atom. The van der Waals surface area contributed by atoms with Crippen LogP contribution in [0.5, 0.6) is 0 Å². The quantitative estimate of drug-likeness (QED) is 0.821. The Morgan fingerprint density at radius 1 is 0.765 bits per heavy atom. The fourth-order valence-corrected chi connectivity index (χ4v) is 1.87. The van der Waals surface area contributed by atoms with E-state index in [9.17, 15) is 0 Å². The average Bonchev–Trinajstić information content (AvgIpc) is 2.40. The van der Waals surface area contributed by atoms with Crippen LogP contribution in [-0.4, -0.2) is 0 Å². The Hall–Kier alpha value is -1.64. The molecule has 2 aromatic carbocycles. The van der Waals surface area contributed by atoms with Gasteiger partial charge in [-0.1, -0.05) is 54.6 Å². The summed E-state index contributed by atoms with van der Waals surface area (Å²) < 4.78 is 0. The molecule has 0 saturated carbocycles. The van der Waals surface area contributed by atoms with Gasteiger partial charge in [0.2, 0.25) is 0 Å². The van der Waals surface area contributed by atoms with Gasteiger partial charge in [0.25, 0.3) is 0 Å². The van der Waals surface area contributed by atoms with Crippen molar-refractivity contribution >= 4 is 0 Å². The standard InChI is InChI=1S/C15H18N2/c16-10-14-8-4-5-9-15(14)12-17-11-13-6-2-1-3-7-13/h1-9,17H,10-12,16H2. The van der Waals surface area contributed by atoms with Crippen molar-refractivity contribution in [3.63, 3.8) is 0 Å². The summed E-state index contributed by atoms with van der Waals surface area (Å²) in [6.45, 7) is 2.35. The maximum absolute atomic E-state index is 5.71. The van der Waals surface area contributed by atoms with Crippen LogP contribution in [0.1, 0.15) is 16.7 Å². The number of nitrogens with two attached hydrogens (primary N) is 1. The molecule has 3 N–H and O–H groups in total. The molecule has 2 heteroatoms. The monoisotopic (exact) mass is 226 g/mol. The zero-order chi connectivity index (χ0) is 11.9. The van der Waals surface area contributed by atoms with E-state index < -0.39 is 0 Å². The molecule has 0 atom stereocenters. The van der Waals surface area contributed by atoms with Gasteiger partial charge in [-0.15, -0.1) is 0 Å². The zero-order valence-corrected chi connectivity index (χ0v) is 9.89. The van der Waals surface area contributed by atoms with Crippen LogP contribution < -0.4 is 11.1 Å². The summed E-state index contributed by atoms with van der Waals surface area (Å²) in [5, 5.41) is 3.44. The van der Waals surface area contributed by atoms with E-state index >= 15 is 0 Å². The molecule has 0 aliphatic rings. The van der Waals surface area contributed by atoms with Gasteiger partial charge in [0.1, 0.15) is 0 Å². The first kappa shape index (κ1) is 11.8. The van der Waals surface area contributed by atoms with E-state index in [0.29, 0.717) is 6.54 Å². The van der Waals surface area contributed by atoms with Gasteiger partial charge in [-0.25, -0.2) is 0 Å². The third-order valence-corrected chi connectivity index (χ3v) is 2.83. The molecule has 0 unspecified atom stereocenters. The van der Waals surface area contributed by atoms with Crippen molar-refractivity contribution in [3.8, 4) is 0 Å². The SMILES string of the molecule is NCc1ccccc1CNCc1ccccc1. The second kappa shape index (κ2) is 6.18. The van der Waals surface area contributed by atoms with E-state index in [1.807, 2.05) is 12.1 Å². The lowest BCUT2D eigenvalue weighted by Gasteiger charge is -2.09. The smallest absolute Gasteiger partial charge is 0.0211 e. The van der Waals surface area contributed by atoms with Crippen LogP contribution >= 0.6 is 0 Å². The average molecular weight is 226 g/mol. The van der Waals surface area contributed by atoms with E-state index in [0.717, 1.165) is 13.1 Å². The van der Waals surface area contributed by atoms with Gasteiger partial charge in [-0.05, 0) is 16.7 Å². The Kier molecular flexibility index (Phi) is 4.30. The minimum absolute atomic E-state index is 0.600. The van der Waals surface area contributed by atoms with Crippen LogP contribution in [0.3, 0.4) is 0 Å². The van der Waals surface area contributed by atoms with Gasteiger partial charge in [0, 0.05) is 19.6 Å². The molecule has 17 heavy (non-hydrogen) atoms. The second-order valence-corrected chi connectivity index (χ2v) is 4.06. The number of hydrogen-bond donors (Lipinski definition) is 2. The van der Waals surface area contributed by atoms with Crippen LogP contribution in [-0.2, 0) is 19.6 Å². The van der Waals surface area contributed by atoms with Crippen LogP contribution in [0.15, 0.2) is 54.6 Å². The lowest BCUT2D eigenvalue weighted by Crippen LogP contribution is -2.14. The molecule has 0 aliphatic carbocycles. The molecule has 0 heterocycles. The molecule has 0 bridgehead atoms. The molecule has 0 aromatic heterocycles. The predicted molar refractivity (Wildman–Crippen MR) is 71.3 cm³/mol. The Balaban J connectivity index is 1.90. The minimum atomic E-state index is 0.600. The maximum Gasteiger partial charge on any atom is 0.0211 e. The summed E-state index contributed by atoms with van der Waals surface area (Å²) in [6.07, 6.45) is 0.